The van der Waals surface area contributed by atoms with Gasteiger partial charge >= 0.3 is 12.0 Å². The molecular weight excluding hydrogens is 418 g/mol. The summed E-state index contributed by atoms with van der Waals surface area (Å²) < 4.78 is 45.7. The summed E-state index contributed by atoms with van der Waals surface area (Å²) in [6.45, 7) is 9.15. The van der Waals surface area contributed by atoms with Crippen molar-refractivity contribution < 1.29 is 27.8 Å². The van der Waals surface area contributed by atoms with Crippen molar-refractivity contribution in [1.82, 2.24) is 9.88 Å². The number of carbonyl (C=O) groups excluding carboxylic acids is 1. The number of rotatable bonds is 3. The van der Waals surface area contributed by atoms with Gasteiger partial charge < -0.3 is 19.1 Å². The number of hydrogen-bond acceptors (Lipinski definition) is 5. The molecule has 1 aromatic rings. The predicted molar refractivity (Wildman–Crippen MR) is 108 cm³/mol. The molecular formula is C21H27ClF2N2O4. The zero-order chi connectivity index (χ0) is 22.3. The maximum absolute atomic E-state index is 14.9. The molecule has 1 amide bonds. The van der Waals surface area contributed by atoms with Gasteiger partial charge in [-0.3, -0.25) is 4.98 Å². The lowest BCUT2D eigenvalue weighted by Gasteiger charge is -2.29. The molecule has 0 radical (unpaired) electrons. The summed E-state index contributed by atoms with van der Waals surface area (Å²) in [6.07, 6.45) is 1.63. The zero-order valence-corrected chi connectivity index (χ0v) is 18.6. The lowest BCUT2D eigenvalue weighted by atomic mass is 10.0. The Morgan fingerprint density at radius 3 is 2.57 bits per heavy atom. The van der Waals surface area contributed by atoms with Crippen LogP contribution in [0.5, 0.6) is 0 Å². The molecule has 0 aromatic carbocycles. The Balaban J connectivity index is 1.72. The smallest absolute Gasteiger partial charge is 0.410 e. The summed E-state index contributed by atoms with van der Waals surface area (Å²) in [5, 5.41) is 0.127. The van der Waals surface area contributed by atoms with E-state index in [4.69, 9.17) is 25.8 Å². The van der Waals surface area contributed by atoms with Crippen molar-refractivity contribution >= 4 is 23.3 Å². The quantitative estimate of drug-likeness (QED) is 0.656. The molecule has 0 unspecified atom stereocenters. The summed E-state index contributed by atoms with van der Waals surface area (Å²) in [5.74, 6) is -4.35. The van der Waals surface area contributed by atoms with E-state index in [-0.39, 0.29) is 17.2 Å². The van der Waals surface area contributed by atoms with Crippen LogP contribution in [0.25, 0.3) is 5.57 Å². The van der Waals surface area contributed by atoms with E-state index in [2.05, 4.69) is 4.98 Å². The number of nitrogens with zero attached hydrogens (tertiary/aromatic N) is 2. The van der Waals surface area contributed by atoms with E-state index in [1.165, 1.54) is 6.07 Å². The highest BCUT2D eigenvalue weighted by atomic mass is 35.5. The lowest BCUT2D eigenvalue weighted by Crippen LogP contribution is -2.39. The van der Waals surface area contributed by atoms with Crippen molar-refractivity contribution in [2.75, 3.05) is 19.7 Å². The van der Waals surface area contributed by atoms with Crippen LogP contribution in [0.4, 0.5) is 13.6 Å². The van der Waals surface area contributed by atoms with E-state index in [1.54, 1.807) is 39.5 Å². The number of alkyl halides is 2. The molecule has 2 aliphatic heterocycles. The second kappa shape index (κ2) is 8.05. The van der Waals surface area contributed by atoms with E-state index >= 15 is 0 Å². The highest BCUT2D eigenvalue weighted by molar-refractivity contribution is 6.32. The molecule has 9 heteroatoms. The molecule has 3 rings (SSSR count). The van der Waals surface area contributed by atoms with Gasteiger partial charge in [0.05, 0.1) is 17.3 Å². The van der Waals surface area contributed by atoms with Gasteiger partial charge in [-0.25, -0.2) is 4.79 Å². The topological polar surface area (TPSA) is 60.9 Å². The van der Waals surface area contributed by atoms with Crippen molar-refractivity contribution in [3.05, 3.63) is 34.6 Å². The zero-order valence-electron chi connectivity index (χ0n) is 17.8. The average Bonchev–Trinajstić information content (AvgIpc) is 3.01. The fraction of sp³-hybridized carbons (Fsp3) is 0.619. The van der Waals surface area contributed by atoms with Crippen LogP contribution in [0.15, 0.2) is 18.3 Å². The Kier molecular flexibility index (Phi) is 6.15. The Bertz CT molecular complexity index is 852. The summed E-state index contributed by atoms with van der Waals surface area (Å²) in [6, 6.07) is 1.22. The first kappa shape index (κ1) is 22.9. The standard InChI is InChI=1S/C21H27ClF2N2O4/c1-19(2,3)30-18(27)26-8-6-13(7-9-26)17-15(22)10-14(11-25-17)21(23,24)16-12-28-20(4,5)29-16/h6,10-11,16H,7-9,12H2,1-5H3/t16-/m0/s1. The molecule has 30 heavy (non-hydrogen) atoms. The van der Waals surface area contributed by atoms with Crippen LogP contribution in [-0.4, -0.2) is 53.2 Å². The Morgan fingerprint density at radius 2 is 2.07 bits per heavy atom. The Morgan fingerprint density at radius 1 is 1.37 bits per heavy atom. The van der Waals surface area contributed by atoms with Gasteiger partial charge in [-0.15, -0.1) is 0 Å². The van der Waals surface area contributed by atoms with Gasteiger partial charge in [-0.1, -0.05) is 17.7 Å². The fourth-order valence-electron chi connectivity index (χ4n) is 3.28. The van der Waals surface area contributed by atoms with Crippen LogP contribution in [0.2, 0.25) is 5.02 Å². The Labute approximate surface area is 180 Å². The van der Waals surface area contributed by atoms with Crippen molar-refractivity contribution in [1.29, 1.82) is 0 Å². The minimum Gasteiger partial charge on any atom is -0.444 e. The molecule has 0 saturated carbocycles. The molecule has 0 N–H and O–H groups in total. The Hall–Kier alpha value is -1.77. The van der Waals surface area contributed by atoms with E-state index in [9.17, 15) is 13.6 Å². The predicted octanol–water partition coefficient (Wildman–Crippen LogP) is 5.00. The first-order valence-corrected chi connectivity index (χ1v) is 10.2. The molecule has 3 heterocycles. The summed E-state index contributed by atoms with van der Waals surface area (Å²) in [5.41, 5.74) is 0.339. The van der Waals surface area contributed by atoms with Crippen LogP contribution >= 0.6 is 11.6 Å². The SMILES string of the molecule is CC(C)(C)OC(=O)N1CC=C(c2ncc(C(F)(F)[C@@H]3COC(C)(C)O3)cc2Cl)CC1. The minimum absolute atomic E-state index is 0.127. The highest BCUT2D eigenvalue weighted by Crippen LogP contribution is 2.41. The molecule has 0 aliphatic carbocycles. The summed E-state index contributed by atoms with van der Waals surface area (Å²) in [7, 11) is 0. The largest absolute Gasteiger partial charge is 0.444 e. The van der Waals surface area contributed by atoms with Gasteiger partial charge in [0.1, 0.15) is 5.60 Å². The van der Waals surface area contributed by atoms with Gasteiger partial charge in [0.25, 0.3) is 0 Å². The lowest BCUT2D eigenvalue weighted by molar-refractivity contribution is -0.185. The van der Waals surface area contributed by atoms with Gasteiger partial charge in [-0.05, 0) is 52.7 Å². The highest BCUT2D eigenvalue weighted by Gasteiger charge is 2.50. The molecule has 0 spiro atoms. The number of hydrogen-bond donors (Lipinski definition) is 0. The monoisotopic (exact) mass is 444 g/mol. The molecule has 6 nitrogen and oxygen atoms in total. The van der Waals surface area contributed by atoms with Crippen LogP contribution < -0.4 is 0 Å². The molecule has 1 aromatic heterocycles. The second-order valence-electron chi connectivity index (χ2n) is 8.90. The number of pyridine rings is 1. The second-order valence-corrected chi connectivity index (χ2v) is 9.31. The molecule has 0 bridgehead atoms. The van der Waals surface area contributed by atoms with Crippen LogP contribution in [-0.2, 0) is 20.1 Å². The number of carbonyl (C=O) groups is 1. The maximum Gasteiger partial charge on any atom is 0.410 e. The number of amides is 1. The molecule has 166 valence electrons. The number of aromatic nitrogens is 1. The first-order valence-electron chi connectivity index (χ1n) is 9.81. The van der Waals surface area contributed by atoms with Crippen LogP contribution in [0, 0.1) is 0 Å². The third-order valence-electron chi connectivity index (χ3n) is 4.80. The van der Waals surface area contributed by atoms with Crippen LogP contribution in [0.3, 0.4) is 0 Å². The van der Waals surface area contributed by atoms with Crippen molar-refractivity contribution in [3.8, 4) is 0 Å². The van der Waals surface area contributed by atoms with Gasteiger partial charge in [-0.2, -0.15) is 8.78 Å². The summed E-state index contributed by atoms with van der Waals surface area (Å²) in [4.78, 5) is 17.9. The average molecular weight is 445 g/mol. The molecule has 2 aliphatic rings. The molecule has 1 fully saturated rings. The third-order valence-corrected chi connectivity index (χ3v) is 5.09. The fourth-order valence-corrected chi connectivity index (χ4v) is 3.57. The van der Waals surface area contributed by atoms with Crippen molar-refractivity contribution in [3.63, 3.8) is 0 Å². The normalized spacial score (nSPS) is 22.1. The molecule has 1 saturated heterocycles. The van der Waals surface area contributed by atoms with E-state index in [1.807, 2.05) is 6.08 Å². The van der Waals surface area contributed by atoms with Gasteiger partial charge in [0.2, 0.25) is 0 Å². The van der Waals surface area contributed by atoms with Crippen molar-refractivity contribution in [2.45, 2.75) is 64.5 Å². The minimum atomic E-state index is -3.29. The third kappa shape index (κ3) is 5.10. The van der Waals surface area contributed by atoms with E-state index in [0.717, 1.165) is 11.8 Å². The molecule has 1 atom stereocenters. The first-order chi connectivity index (χ1) is 13.8. The maximum atomic E-state index is 14.9. The van der Waals surface area contributed by atoms with Crippen molar-refractivity contribution in [2.24, 2.45) is 0 Å². The number of ether oxygens (including phenoxy) is 3. The van der Waals surface area contributed by atoms with Gasteiger partial charge in [0.15, 0.2) is 11.9 Å². The summed E-state index contributed by atoms with van der Waals surface area (Å²) >= 11 is 6.30. The number of halogens is 3. The van der Waals surface area contributed by atoms with E-state index < -0.39 is 29.5 Å². The van der Waals surface area contributed by atoms with Crippen LogP contribution in [0.1, 0.15) is 52.3 Å². The van der Waals surface area contributed by atoms with Gasteiger partial charge in [0, 0.05) is 24.8 Å². The van der Waals surface area contributed by atoms with E-state index in [0.29, 0.717) is 25.2 Å².